The van der Waals surface area contributed by atoms with Crippen molar-refractivity contribution in [3.05, 3.63) is 68.1 Å². The molecule has 21 heavy (non-hydrogen) atoms. The van der Waals surface area contributed by atoms with E-state index in [0.717, 1.165) is 21.1 Å². The van der Waals surface area contributed by atoms with Crippen molar-refractivity contribution in [2.45, 2.75) is 26.4 Å². The van der Waals surface area contributed by atoms with E-state index < -0.39 is 0 Å². The smallest absolute Gasteiger partial charge is 0.0548 e. The first-order valence-corrected chi connectivity index (χ1v) is 8.45. The zero-order chi connectivity index (χ0) is 15.4. The van der Waals surface area contributed by atoms with Crippen LogP contribution in [-0.2, 0) is 6.54 Å². The lowest BCUT2D eigenvalue weighted by Gasteiger charge is -2.23. The van der Waals surface area contributed by atoms with Crippen molar-refractivity contribution >= 4 is 39.1 Å². The molecule has 2 rings (SSSR count). The summed E-state index contributed by atoms with van der Waals surface area (Å²) in [5, 5.41) is 5.11. The summed E-state index contributed by atoms with van der Waals surface area (Å²) in [6.07, 6.45) is 0. The molecule has 2 aromatic rings. The van der Waals surface area contributed by atoms with Crippen LogP contribution in [0.2, 0.25) is 10.0 Å². The van der Waals surface area contributed by atoms with E-state index >= 15 is 0 Å². The van der Waals surface area contributed by atoms with E-state index in [1.165, 1.54) is 11.1 Å². The third-order valence-electron chi connectivity index (χ3n) is 3.41. The summed E-state index contributed by atoms with van der Waals surface area (Å²) in [5.74, 6) is 0.488. The number of benzene rings is 2. The molecule has 1 unspecified atom stereocenters. The Morgan fingerprint density at radius 2 is 1.71 bits per heavy atom. The molecular weight excluding hydrogens is 369 g/mol. The van der Waals surface area contributed by atoms with Gasteiger partial charge in [0.05, 0.1) is 5.02 Å². The molecule has 112 valence electrons. The Labute approximate surface area is 144 Å². The van der Waals surface area contributed by atoms with Crippen molar-refractivity contribution in [3.63, 3.8) is 0 Å². The van der Waals surface area contributed by atoms with E-state index in [0.29, 0.717) is 5.92 Å². The number of hydrogen-bond donors (Lipinski definition) is 1. The van der Waals surface area contributed by atoms with Gasteiger partial charge in [0.25, 0.3) is 0 Å². The SMILES string of the molecule is CC(C)C(NCc1ccc(Cl)c(Br)c1)c1ccc(Cl)cc1. The molecule has 1 N–H and O–H groups in total. The summed E-state index contributed by atoms with van der Waals surface area (Å²) in [7, 11) is 0. The van der Waals surface area contributed by atoms with Crippen molar-refractivity contribution in [1.82, 2.24) is 5.32 Å². The molecule has 0 aromatic heterocycles. The van der Waals surface area contributed by atoms with Gasteiger partial charge in [0.15, 0.2) is 0 Å². The molecule has 1 atom stereocenters. The number of rotatable bonds is 5. The molecule has 0 spiro atoms. The van der Waals surface area contributed by atoms with E-state index in [9.17, 15) is 0 Å². The Balaban J connectivity index is 2.09. The van der Waals surface area contributed by atoms with Crippen molar-refractivity contribution in [2.24, 2.45) is 5.92 Å². The standard InChI is InChI=1S/C17H18BrCl2N/c1-11(2)17(13-4-6-14(19)7-5-13)21-10-12-3-8-16(20)15(18)9-12/h3-9,11,17,21H,10H2,1-2H3. The first-order valence-electron chi connectivity index (χ1n) is 6.90. The normalized spacial score (nSPS) is 12.7. The van der Waals surface area contributed by atoms with Gasteiger partial charge < -0.3 is 5.32 Å². The molecule has 0 fully saturated rings. The molecule has 0 saturated carbocycles. The van der Waals surface area contributed by atoms with Gasteiger partial charge in [-0.2, -0.15) is 0 Å². The predicted molar refractivity (Wildman–Crippen MR) is 95.0 cm³/mol. The summed E-state index contributed by atoms with van der Waals surface area (Å²) in [6, 6.07) is 14.3. The number of halogens is 3. The highest BCUT2D eigenvalue weighted by molar-refractivity contribution is 9.10. The van der Waals surface area contributed by atoms with E-state index in [4.69, 9.17) is 23.2 Å². The molecule has 2 aromatic carbocycles. The Kier molecular flexibility index (Phi) is 6.12. The first-order chi connectivity index (χ1) is 9.97. The minimum absolute atomic E-state index is 0.289. The van der Waals surface area contributed by atoms with E-state index in [-0.39, 0.29) is 6.04 Å². The Bertz CT molecular complexity index is 596. The van der Waals surface area contributed by atoms with Gasteiger partial charge in [0.1, 0.15) is 0 Å². The van der Waals surface area contributed by atoms with Crippen LogP contribution in [-0.4, -0.2) is 0 Å². The van der Waals surface area contributed by atoms with Crippen molar-refractivity contribution in [2.75, 3.05) is 0 Å². The molecule has 0 heterocycles. The van der Waals surface area contributed by atoms with Crippen LogP contribution in [0.3, 0.4) is 0 Å². The minimum atomic E-state index is 0.289. The monoisotopic (exact) mass is 385 g/mol. The Morgan fingerprint density at radius 3 is 2.29 bits per heavy atom. The number of nitrogens with one attached hydrogen (secondary N) is 1. The average Bonchev–Trinajstić information content (AvgIpc) is 2.44. The summed E-state index contributed by atoms with van der Waals surface area (Å²) in [5.41, 5.74) is 2.45. The molecule has 0 bridgehead atoms. The zero-order valence-corrected chi connectivity index (χ0v) is 15.1. The van der Waals surface area contributed by atoms with Crippen molar-refractivity contribution in [3.8, 4) is 0 Å². The highest BCUT2D eigenvalue weighted by Gasteiger charge is 2.15. The molecule has 0 aliphatic rings. The highest BCUT2D eigenvalue weighted by Crippen LogP contribution is 2.26. The fraction of sp³-hybridized carbons (Fsp3) is 0.294. The summed E-state index contributed by atoms with van der Waals surface area (Å²) in [6.45, 7) is 5.22. The largest absolute Gasteiger partial charge is 0.306 e. The summed E-state index contributed by atoms with van der Waals surface area (Å²) < 4.78 is 0.927. The van der Waals surface area contributed by atoms with Crippen LogP contribution in [0, 0.1) is 5.92 Å². The quantitative estimate of drug-likeness (QED) is 0.640. The maximum absolute atomic E-state index is 6.02. The van der Waals surface area contributed by atoms with Crippen LogP contribution < -0.4 is 5.32 Å². The fourth-order valence-corrected chi connectivity index (χ4v) is 2.96. The van der Waals surface area contributed by atoms with Crippen molar-refractivity contribution in [1.29, 1.82) is 0 Å². The fourth-order valence-electron chi connectivity index (χ4n) is 2.29. The molecule has 0 aliphatic carbocycles. The van der Waals surface area contributed by atoms with Gasteiger partial charge >= 0.3 is 0 Å². The van der Waals surface area contributed by atoms with E-state index in [1.807, 2.05) is 24.3 Å². The molecular formula is C17H18BrCl2N. The maximum Gasteiger partial charge on any atom is 0.0548 e. The molecule has 0 amide bonds. The molecule has 1 nitrogen and oxygen atoms in total. The lowest BCUT2D eigenvalue weighted by Crippen LogP contribution is -2.25. The molecule has 4 heteroatoms. The zero-order valence-electron chi connectivity index (χ0n) is 12.0. The Morgan fingerprint density at radius 1 is 1.05 bits per heavy atom. The maximum atomic E-state index is 6.02. The lowest BCUT2D eigenvalue weighted by molar-refractivity contribution is 0.410. The topological polar surface area (TPSA) is 12.0 Å². The third-order valence-corrected chi connectivity index (χ3v) is 4.87. The van der Waals surface area contributed by atoms with Gasteiger partial charge in [0, 0.05) is 22.1 Å². The van der Waals surface area contributed by atoms with Crippen LogP contribution in [0.4, 0.5) is 0 Å². The molecule has 0 radical (unpaired) electrons. The van der Waals surface area contributed by atoms with Gasteiger partial charge in [0.2, 0.25) is 0 Å². The van der Waals surface area contributed by atoms with Gasteiger partial charge in [-0.3, -0.25) is 0 Å². The second kappa shape index (κ2) is 7.64. The van der Waals surface area contributed by atoms with Crippen LogP contribution in [0.1, 0.15) is 31.0 Å². The summed E-state index contributed by atoms with van der Waals surface area (Å²) >= 11 is 15.4. The first kappa shape index (κ1) is 16.8. The second-order valence-corrected chi connectivity index (χ2v) is 7.10. The molecule has 0 saturated heterocycles. The van der Waals surface area contributed by atoms with Crippen LogP contribution in [0.25, 0.3) is 0 Å². The minimum Gasteiger partial charge on any atom is -0.306 e. The van der Waals surface area contributed by atoms with Gasteiger partial charge in [-0.05, 0) is 57.2 Å². The van der Waals surface area contributed by atoms with E-state index in [2.05, 4.69) is 53.3 Å². The summed E-state index contributed by atoms with van der Waals surface area (Å²) in [4.78, 5) is 0. The van der Waals surface area contributed by atoms with E-state index in [1.54, 1.807) is 0 Å². The second-order valence-electron chi connectivity index (χ2n) is 5.40. The number of hydrogen-bond acceptors (Lipinski definition) is 1. The third kappa shape index (κ3) is 4.72. The van der Waals surface area contributed by atoms with Crippen LogP contribution in [0.15, 0.2) is 46.9 Å². The van der Waals surface area contributed by atoms with Crippen LogP contribution in [0.5, 0.6) is 0 Å². The lowest BCUT2D eigenvalue weighted by atomic mass is 9.96. The van der Waals surface area contributed by atoms with Gasteiger partial charge in [-0.15, -0.1) is 0 Å². The molecule has 0 aliphatic heterocycles. The van der Waals surface area contributed by atoms with Crippen LogP contribution >= 0.6 is 39.1 Å². The highest BCUT2D eigenvalue weighted by atomic mass is 79.9. The average molecular weight is 387 g/mol. The van der Waals surface area contributed by atoms with Gasteiger partial charge in [-0.1, -0.05) is 55.2 Å². The Hall–Kier alpha value is -0.540. The van der Waals surface area contributed by atoms with Crippen molar-refractivity contribution < 1.29 is 0 Å². The predicted octanol–water partition coefficient (Wildman–Crippen LogP) is 6.24. The van der Waals surface area contributed by atoms with Gasteiger partial charge in [-0.25, -0.2) is 0 Å².